The quantitative estimate of drug-likeness (QED) is 0.0120. The second kappa shape index (κ2) is 46.4. The fourth-order valence-corrected chi connectivity index (χ4v) is 13.2. The zero-order valence-electron chi connectivity index (χ0n) is 67.6. The summed E-state index contributed by atoms with van der Waals surface area (Å²) in [6, 6.07) is 3.19. The molecule has 27 N–H and O–H groups in total. The van der Waals surface area contributed by atoms with E-state index in [1.165, 1.54) is 7.11 Å². The van der Waals surface area contributed by atoms with Crippen molar-refractivity contribution in [2.24, 2.45) is 41.6 Å². The molecule has 1 fully saturated rings. The van der Waals surface area contributed by atoms with Crippen molar-refractivity contribution in [1.29, 1.82) is 5.41 Å². The van der Waals surface area contributed by atoms with E-state index in [0.717, 1.165) is 19.2 Å². The Bertz CT molecular complexity index is 4650. The Morgan fingerprint density at radius 1 is 0.579 bits per heavy atom. The number of nitrogens with one attached hydrogen (secondary N) is 15. The van der Waals surface area contributed by atoms with Gasteiger partial charge in [-0.05, 0) is 97.0 Å². The maximum atomic E-state index is 15.5. The zero-order chi connectivity index (χ0) is 89.5. The highest BCUT2D eigenvalue weighted by atomic mass is 16.5. The Hall–Kier alpha value is -13.8. The largest absolute Gasteiger partial charge is 0.497 e. The monoisotopic (exact) mass is 1690 g/mol. The minimum atomic E-state index is -2.08. The van der Waals surface area contributed by atoms with Gasteiger partial charge in [-0.3, -0.25) is 86.9 Å². The van der Waals surface area contributed by atoms with Crippen molar-refractivity contribution < 1.29 is 101 Å². The Morgan fingerprint density at radius 2 is 1.11 bits per heavy atom. The van der Waals surface area contributed by atoms with Crippen LogP contribution in [0.5, 0.6) is 5.75 Å². The van der Waals surface area contributed by atoms with E-state index >= 15 is 28.8 Å². The van der Waals surface area contributed by atoms with Crippen molar-refractivity contribution >= 4 is 134 Å². The van der Waals surface area contributed by atoms with Gasteiger partial charge in [-0.15, -0.1) is 0 Å². The number of carboxylic acids is 1. The fourth-order valence-electron chi connectivity index (χ4n) is 13.2. The summed E-state index contributed by atoms with van der Waals surface area (Å²) in [5.74, 6) is -22.0. The number of hydrogen-bond acceptors (Lipinski definition) is 21. The van der Waals surface area contributed by atoms with Crippen molar-refractivity contribution in [3.8, 4) is 5.75 Å². The van der Waals surface area contributed by atoms with Gasteiger partial charge < -0.3 is 123 Å². The first-order chi connectivity index (χ1) is 57.2. The number of rotatable bonds is 29. The first kappa shape index (κ1) is 96.0. The number of carbonyl (C=O) groups excluding carboxylic acids is 17. The molecule has 5 aromatic rings. The second-order valence-electron chi connectivity index (χ2n) is 29.7. The van der Waals surface area contributed by atoms with E-state index in [1.54, 1.807) is 117 Å². The Kier molecular flexibility index (Phi) is 36.8. The number of guanidine groups is 1. The number of hydrogen-bond donors (Lipinski definition) is 22. The summed E-state index contributed by atoms with van der Waals surface area (Å²) < 4.78 is 7.09. The number of fused-ring (bicyclic) bond motifs is 2. The molecule has 42 nitrogen and oxygen atoms in total. The van der Waals surface area contributed by atoms with Gasteiger partial charge in [0.1, 0.15) is 78.3 Å². The van der Waals surface area contributed by atoms with Gasteiger partial charge in [0.15, 0.2) is 5.96 Å². The van der Waals surface area contributed by atoms with Gasteiger partial charge in [0.2, 0.25) is 100 Å². The molecular weight excluding hydrogens is 1580 g/mol. The smallest absolute Gasteiger partial charge is 0.326 e. The molecule has 42 heteroatoms. The topological polar surface area (TPSA) is 684 Å². The lowest BCUT2D eigenvalue weighted by molar-refractivity contribution is -0.144. The van der Waals surface area contributed by atoms with Gasteiger partial charge >= 0.3 is 5.97 Å². The van der Waals surface area contributed by atoms with E-state index in [9.17, 15) is 67.7 Å². The number of nitrogens with two attached hydrogens (primary N) is 5. The van der Waals surface area contributed by atoms with Crippen molar-refractivity contribution in [2.45, 2.75) is 196 Å². The van der Waals surface area contributed by atoms with Crippen LogP contribution in [-0.2, 0) is 113 Å². The number of para-hydroxylation sites is 1. The molecule has 0 spiro atoms. The number of aromatic nitrogens is 1. The number of nitrogens with zero attached hydrogens (tertiary/aromatic N) is 1. The highest BCUT2D eigenvalue weighted by Gasteiger charge is 2.40. The molecule has 0 bridgehead atoms. The summed E-state index contributed by atoms with van der Waals surface area (Å²) in [7, 11) is 3.10. The molecule has 13 atom stereocenters. The molecule has 0 saturated carbocycles. The Balaban J connectivity index is 1.54. The van der Waals surface area contributed by atoms with Crippen LogP contribution in [-0.4, -0.2) is 226 Å². The van der Waals surface area contributed by atoms with Gasteiger partial charge in [0.05, 0.1) is 38.9 Å². The predicted octanol–water partition coefficient (Wildman–Crippen LogP) is -5.83. The van der Waals surface area contributed by atoms with Crippen molar-refractivity contribution in [1.82, 2.24) is 79.0 Å². The van der Waals surface area contributed by atoms with E-state index in [-0.39, 0.29) is 45.1 Å². The molecule has 17 amide bonds. The molecule has 1 aliphatic rings. The highest BCUT2D eigenvalue weighted by Crippen LogP contribution is 2.24. The van der Waals surface area contributed by atoms with Crippen LogP contribution in [0.15, 0.2) is 97.2 Å². The molecule has 6 rings (SSSR count). The van der Waals surface area contributed by atoms with E-state index < -0.39 is 255 Å². The van der Waals surface area contributed by atoms with E-state index in [1.807, 2.05) is 11.4 Å². The average Bonchev–Trinajstić information content (AvgIpc) is 1.69. The van der Waals surface area contributed by atoms with Crippen molar-refractivity contribution in [2.75, 3.05) is 20.2 Å². The zero-order valence-corrected chi connectivity index (χ0v) is 67.6. The number of carbonyl (C=O) groups is 18. The third kappa shape index (κ3) is 31.2. The minimum absolute atomic E-state index is 0.0522. The summed E-state index contributed by atoms with van der Waals surface area (Å²) in [4.78, 5) is 252. The number of carboxylic acid groups (broad SMARTS) is 1. The maximum Gasteiger partial charge on any atom is 0.326 e. The summed E-state index contributed by atoms with van der Waals surface area (Å²) >= 11 is 0. The number of aliphatic carboxylic acids is 1. The molecule has 654 valence electrons. The molecule has 1 unspecified atom stereocenters. The van der Waals surface area contributed by atoms with Crippen LogP contribution in [0.4, 0.5) is 0 Å². The van der Waals surface area contributed by atoms with Gasteiger partial charge in [-0.25, -0.2) is 4.79 Å². The number of primary amides is 4. The van der Waals surface area contributed by atoms with Crippen LogP contribution >= 0.6 is 0 Å². The molecule has 4 aromatic carbocycles. The molecule has 1 aromatic heterocycles. The third-order valence-electron chi connectivity index (χ3n) is 19.3. The van der Waals surface area contributed by atoms with E-state index in [4.69, 9.17) is 38.8 Å². The maximum absolute atomic E-state index is 15.5. The first-order valence-corrected chi connectivity index (χ1v) is 38.8. The molecule has 2 heterocycles. The summed E-state index contributed by atoms with van der Waals surface area (Å²) in [6.07, 6.45) is -7.91. The summed E-state index contributed by atoms with van der Waals surface area (Å²) in [5, 5.41) is 65.4. The minimum Gasteiger partial charge on any atom is -0.497 e. The fraction of sp³-hybridized carbons (Fsp3) is 0.456. The van der Waals surface area contributed by atoms with E-state index in [0.29, 0.717) is 38.7 Å². The average molecular weight is 1690 g/mol. The SMILES string of the molecule is COc1ccc(C[C@@H]2NC(=O)[C@H](CCCNC(=N)N)NC(=O)[C@H](CCC(N)=O)NC(=O)[C@H](Cc3cn(C)c4ccccc34)NC(=O)[C@H]([C@@H](C)O)NC(=O)[C@H](CC(N)=O)NC(=O)[C@@H](NC(C)=O)CC(=O)NCCCC(C(=O)N[C@@H](CC(N)=O)C(=O)N[C@@H](CC(N)=O)C(=O)O)NC(=O)[C@H](CC(C)C)NC(=O)[C@H](Cc3ccc4ccccc4c3)NC2=O)cc1. The summed E-state index contributed by atoms with van der Waals surface area (Å²) in [6.45, 7) is 4.80. The van der Waals surface area contributed by atoms with E-state index in [2.05, 4.69) is 69.1 Å². The third-order valence-corrected chi connectivity index (χ3v) is 19.3. The second-order valence-corrected chi connectivity index (χ2v) is 29.7. The number of aliphatic hydroxyl groups is 1. The van der Waals surface area contributed by atoms with Gasteiger partial charge in [-0.2, -0.15) is 0 Å². The van der Waals surface area contributed by atoms with Gasteiger partial charge in [-0.1, -0.05) is 86.6 Å². The lowest BCUT2D eigenvalue weighted by Gasteiger charge is -2.29. The molecule has 1 aliphatic heterocycles. The number of benzene rings is 4. The number of aryl methyl sites for hydroxylation is 1. The molecular formula is C79H107N21O21. The lowest BCUT2D eigenvalue weighted by atomic mass is 9.98. The Morgan fingerprint density at radius 3 is 1.69 bits per heavy atom. The highest BCUT2D eigenvalue weighted by molar-refractivity contribution is 6.02. The van der Waals surface area contributed by atoms with Crippen LogP contribution in [0.3, 0.4) is 0 Å². The van der Waals surface area contributed by atoms with Crippen molar-refractivity contribution in [3.05, 3.63) is 114 Å². The molecule has 121 heavy (non-hydrogen) atoms. The van der Waals surface area contributed by atoms with Gasteiger partial charge in [0, 0.05) is 69.8 Å². The number of amides is 17. The number of aliphatic hydroxyl groups excluding tert-OH is 1. The normalized spacial score (nSPS) is 21.4. The number of ether oxygens (including phenoxy) is 1. The van der Waals surface area contributed by atoms with Gasteiger partial charge in [0.25, 0.3) is 0 Å². The summed E-state index contributed by atoms with van der Waals surface area (Å²) in [5.41, 5.74) is 29.4. The van der Waals surface area contributed by atoms with Crippen LogP contribution in [0, 0.1) is 11.3 Å². The predicted molar refractivity (Wildman–Crippen MR) is 434 cm³/mol. The number of methoxy groups -OCH3 is 1. The first-order valence-electron chi connectivity index (χ1n) is 38.8. The Labute approximate surface area is 694 Å². The van der Waals surface area contributed by atoms with Crippen LogP contribution < -0.4 is 108 Å². The van der Waals surface area contributed by atoms with Crippen LogP contribution in [0.1, 0.15) is 115 Å². The van der Waals surface area contributed by atoms with Crippen LogP contribution in [0.2, 0.25) is 0 Å². The lowest BCUT2D eigenvalue weighted by Crippen LogP contribution is -2.62. The molecule has 0 aliphatic carbocycles. The standard InChI is InChI=1S/C79H107N21O21/c1-39(2)29-52-70(111)90-50(68(109)95-56(34-62(81)104)74(115)98-59(78(119)120)36-64(83)106)16-11-27-86-65(107)37-58(88-41(4)102)75(116)96-57(35-63(82)105)76(117)99-66(40(3)101)77(118)97-55(33-46-38-100(5)60-18-10-9-15-48(46)60)73(114)91-51(25-26-61(80)103)69(110)89-49(17-12-28-87-79(84)85)67(108)93-53(31-42-20-23-47(121-6)24-21-42)71(112)94-54(72(113)92-52)32-43-19-22-44-13-7-8-14-45(44)30-43/h7-10,13-15,18-24,30,38-40,49-59,66,101H,11-12,16-17,25-29,31-37H2,1-6H3,(H2,80,103)(H2,81,104)(H2,82,105)(H2,83,106)(H,86,107)(H,88,102)(H,89,110)(H,90,111)(H,91,114)(H,92,113)(H,93,108)(H,94,112)(H,95,109)(H,96,116)(H,97,118)(H,98,115)(H,99,117)(H,119,120)(H4,84,85,87)/t40-,49+,50?,51+,52+,53+,54+,55+,56+,57+,58+,59+,66+/m1/s1. The molecule has 0 radical (unpaired) electrons. The van der Waals surface area contributed by atoms with Crippen LogP contribution in [0.25, 0.3) is 21.7 Å². The molecule has 1 saturated heterocycles. The van der Waals surface area contributed by atoms with Crippen molar-refractivity contribution in [3.63, 3.8) is 0 Å².